The van der Waals surface area contributed by atoms with Crippen molar-refractivity contribution in [3.8, 4) is 11.5 Å². The lowest BCUT2D eigenvalue weighted by Gasteiger charge is -2.39. The first-order valence-corrected chi connectivity index (χ1v) is 11.9. The molecule has 1 aliphatic heterocycles. The van der Waals surface area contributed by atoms with Crippen LogP contribution in [-0.2, 0) is 23.6 Å². The summed E-state index contributed by atoms with van der Waals surface area (Å²) in [5, 5.41) is 0. The van der Waals surface area contributed by atoms with Gasteiger partial charge >= 0.3 is 12.4 Å². The molecule has 0 aromatic heterocycles. The maximum absolute atomic E-state index is 13.7. The Balaban J connectivity index is 0.00000400. The van der Waals surface area contributed by atoms with E-state index in [0.29, 0.717) is 42.3 Å². The molecule has 1 saturated heterocycles. The first-order valence-electron chi connectivity index (χ1n) is 11.9. The van der Waals surface area contributed by atoms with Crippen molar-refractivity contribution in [1.29, 1.82) is 0 Å². The zero-order valence-electron chi connectivity index (χ0n) is 22.4. The summed E-state index contributed by atoms with van der Waals surface area (Å²) in [6.07, 6.45) is -10.0. The van der Waals surface area contributed by atoms with Crippen molar-refractivity contribution >= 4 is 30.7 Å². The molecule has 1 heterocycles. The average molecular weight is 620 g/mol. The van der Waals surface area contributed by atoms with Crippen LogP contribution in [0.25, 0.3) is 0 Å². The molecule has 1 aliphatic rings. The highest BCUT2D eigenvalue weighted by Gasteiger charge is 2.37. The third-order valence-corrected chi connectivity index (χ3v) is 6.62. The number of carbonyl (C=O) groups is 1. The second-order valence-corrected chi connectivity index (χ2v) is 9.28. The van der Waals surface area contributed by atoms with Gasteiger partial charge in [0.05, 0.1) is 25.3 Å². The largest absolute Gasteiger partial charge is 0.493 e. The summed E-state index contributed by atoms with van der Waals surface area (Å²) >= 11 is 0. The van der Waals surface area contributed by atoms with E-state index in [4.69, 9.17) is 9.47 Å². The summed E-state index contributed by atoms with van der Waals surface area (Å²) in [6.45, 7) is 2.57. The fraction of sp³-hybridized carbons (Fsp3) is 0.500. The molecule has 1 fully saturated rings. The van der Waals surface area contributed by atoms with Crippen LogP contribution < -0.4 is 9.47 Å². The van der Waals surface area contributed by atoms with Crippen LogP contribution >= 0.6 is 24.8 Å². The minimum atomic E-state index is -4.93. The standard InChI is InChI=1S/C26H31F6N3O3.2ClH/c1-33-9-11-35(12-10-33)23(18-5-6-21(37-3)22(15-18)38-4)24(36)34(2)8-7-17-13-19(25(27,28)29)16-20(14-17)26(30,31)32;;/h5-6,13-16,23H,7-12H2,1-4H3;2*1H. The Labute approximate surface area is 242 Å². The number of nitrogens with zero attached hydrogens (tertiary/aromatic N) is 3. The van der Waals surface area contributed by atoms with Gasteiger partial charge in [-0.1, -0.05) is 6.07 Å². The minimum Gasteiger partial charge on any atom is -0.493 e. The Morgan fingerprint density at radius 2 is 1.40 bits per heavy atom. The van der Waals surface area contributed by atoms with Gasteiger partial charge < -0.3 is 19.3 Å². The molecule has 1 unspecified atom stereocenters. The van der Waals surface area contributed by atoms with Gasteiger partial charge in [-0.2, -0.15) is 26.3 Å². The number of ether oxygens (including phenoxy) is 2. The molecule has 1 amide bonds. The number of hydrogen-bond donors (Lipinski definition) is 0. The molecular formula is C26H33Cl2F6N3O3. The summed E-state index contributed by atoms with van der Waals surface area (Å²) in [5.41, 5.74) is -2.27. The van der Waals surface area contributed by atoms with Gasteiger partial charge in [0.15, 0.2) is 11.5 Å². The summed E-state index contributed by atoms with van der Waals surface area (Å²) in [7, 11) is 6.43. The van der Waals surface area contributed by atoms with Crippen LogP contribution in [0, 0.1) is 0 Å². The number of hydrogen-bond acceptors (Lipinski definition) is 5. The number of amides is 1. The molecule has 40 heavy (non-hydrogen) atoms. The predicted molar refractivity (Wildman–Crippen MR) is 144 cm³/mol. The van der Waals surface area contributed by atoms with Gasteiger partial charge in [0.25, 0.3) is 0 Å². The van der Waals surface area contributed by atoms with Gasteiger partial charge in [-0.3, -0.25) is 9.69 Å². The zero-order chi connectivity index (χ0) is 28.3. The molecule has 0 aliphatic carbocycles. The summed E-state index contributed by atoms with van der Waals surface area (Å²) in [5.74, 6) is 0.590. The van der Waals surface area contributed by atoms with Gasteiger partial charge in [0.2, 0.25) is 5.91 Å². The van der Waals surface area contributed by atoms with E-state index in [1.54, 1.807) is 18.2 Å². The lowest BCUT2D eigenvalue weighted by molar-refractivity contribution is -0.143. The zero-order valence-corrected chi connectivity index (χ0v) is 24.1. The molecule has 2 aromatic rings. The summed E-state index contributed by atoms with van der Waals surface area (Å²) in [6, 6.07) is 5.90. The van der Waals surface area contributed by atoms with Crippen LogP contribution in [0.5, 0.6) is 11.5 Å². The fourth-order valence-corrected chi connectivity index (χ4v) is 4.39. The lowest BCUT2D eigenvalue weighted by Crippen LogP contribution is -2.50. The number of piperazine rings is 1. The summed E-state index contributed by atoms with van der Waals surface area (Å²) < 4.78 is 90.2. The smallest absolute Gasteiger partial charge is 0.416 e. The molecule has 226 valence electrons. The lowest BCUT2D eigenvalue weighted by atomic mass is 10.0. The van der Waals surface area contributed by atoms with E-state index in [1.165, 1.54) is 26.2 Å². The second-order valence-electron chi connectivity index (χ2n) is 9.28. The number of halogens is 8. The third-order valence-electron chi connectivity index (χ3n) is 6.62. The third kappa shape index (κ3) is 8.79. The second kappa shape index (κ2) is 14.5. The van der Waals surface area contributed by atoms with Crippen molar-refractivity contribution in [3.05, 3.63) is 58.7 Å². The van der Waals surface area contributed by atoms with Gasteiger partial charge in [-0.05, 0) is 54.9 Å². The Hall–Kier alpha value is -2.41. The van der Waals surface area contributed by atoms with Crippen LogP contribution in [0.15, 0.2) is 36.4 Å². The molecule has 6 nitrogen and oxygen atoms in total. The Bertz CT molecular complexity index is 1090. The van der Waals surface area contributed by atoms with Crippen molar-refractivity contribution in [2.24, 2.45) is 0 Å². The van der Waals surface area contributed by atoms with Crippen LogP contribution in [0.2, 0.25) is 0 Å². The first kappa shape index (κ1) is 35.6. The van der Waals surface area contributed by atoms with E-state index in [1.807, 2.05) is 11.9 Å². The monoisotopic (exact) mass is 619 g/mol. The minimum absolute atomic E-state index is 0. The van der Waals surface area contributed by atoms with Crippen LogP contribution in [-0.4, -0.2) is 81.6 Å². The van der Waals surface area contributed by atoms with Gasteiger partial charge in [-0.25, -0.2) is 0 Å². The van der Waals surface area contributed by atoms with Crippen molar-refractivity contribution < 1.29 is 40.6 Å². The van der Waals surface area contributed by atoms with E-state index in [0.717, 1.165) is 13.1 Å². The number of alkyl halides is 6. The van der Waals surface area contributed by atoms with Gasteiger partial charge in [0, 0.05) is 39.8 Å². The number of benzene rings is 2. The topological polar surface area (TPSA) is 45.2 Å². The number of likely N-dealkylation sites (N-methyl/N-ethyl adjacent to an activating group) is 2. The Kier molecular flexibility index (Phi) is 12.9. The maximum Gasteiger partial charge on any atom is 0.416 e. The Morgan fingerprint density at radius 1 is 0.875 bits per heavy atom. The Morgan fingerprint density at radius 3 is 1.88 bits per heavy atom. The fourth-order valence-electron chi connectivity index (χ4n) is 4.39. The maximum atomic E-state index is 13.7. The van der Waals surface area contributed by atoms with E-state index in [9.17, 15) is 31.1 Å². The molecule has 0 N–H and O–H groups in total. The van der Waals surface area contributed by atoms with Crippen LogP contribution in [0.1, 0.15) is 28.3 Å². The first-order chi connectivity index (χ1) is 17.7. The average Bonchev–Trinajstić information content (AvgIpc) is 2.87. The normalized spacial score (nSPS) is 15.4. The van der Waals surface area contributed by atoms with Crippen molar-refractivity contribution in [1.82, 2.24) is 14.7 Å². The molecular weight excluding hydrogens is 587 g/mol. The number of rotatable bonds is 8. The van der Waals surface area contributed by atoms with Crippen LogP contribution in [0.3, 0.4) is 0 Å². The molecule has 1 atom stereocenters. The molecule has 0 spiro atoms. The highest BCUT2D eigenvalue weighted by molar-refractivity contribution is 5.85. The van der Waals surface area contributed by atoms with Crippen molar-refractivity contribution in [3.63, 3.8) is 0 Å². The quantitative estimate of drug-likeness (QED) is 0.361. The predicted octanol–water partition coefficient (Wildman–Crippen LogP) is 5.57. The number of methoxy groups -OCH3 is 2. The number of carbonyl (C=O) groups excluding carboxylic acids is 1. The van der Waals surface area contributed by atoms with Crippen molar-refractivity contribution in [2.45, 2.75) is 24.8 Å². The van der Waals surface area contributed by atoms with Gasteiger partial charge in [0.1, 0.15) is 6.04 Å². The van der Waals surface area contributed by atoms with Crippen molar-refractivity contribution in [2.75, 3.05) is 61.0 Å². The molecule has 0 bridgehead atoms. The molecule has 0 radical (unpaired) electrons. The molecule has 0 saturated carbocycles. The summed E-state index contributed by atoms with van der Waals surface area (Å²) in [4.78, 5) is 19.2. The van der Waals surface area contributed by atoms with E-state index < -0.39 is 29.5 Å². The molecule has 3 rings (SSSR count). The van der Waals surface area contributed by atoms with Gasteiger partial charge in [-0.15, -0.1) is 24.8 Å². The van der Waals surface area contributed by atoms with E-state index >= 15 is 0 Å². The highest BCUT2D eigenvalue weighted by Crippen LogP contribution is 2.37. The van der Waals surface area contributed by atoms with E-state index in [-0.39, 0.29) is 55.3 Å². The SMILES string of the molecule is COc1ccc(C(C(=O)N(C)CCc2cc(C(F)(F)F)cc(C(F)(F)F)c2)N2CCN(C)CC2)cc1OC.Cl.Cl. The van der Waals surface area contributed by atoms with E-state index in [2.05, 4.69) is 4.90 Å². The molecule has 2 aromatic carbocycles. The highest BCUT2D eigenvalue weighted by atomic mass is 35.5. The molecule has 14 heteroatoms. The van der Waals surface area contributed by atoms with Crippen LogP contribution in [0.4, 0.5) is 26.3 Å².